The van der Waals surface area contributed by atoms with Crippen molar-refractivity contribution in [2.45, 2.75) is 0 Å². The molecule has 5 aromatic carbocycles. The molecule has 0 amide bonds. The number of aliphatic carboxylic acids is 1. The van der Waals surface area contributed by atoms with Crippen LogP contribution in [0.2, 0.25) is 0 Å². The fourth-order valence-electron chi connectivity index (χ4n) is 4.34. The zero-order valence-corrected chi connectivity index (χ0v) is 20.5. The third kappa shape index (κ3) is 5.38. The minimum atomic E-state index is -1.24. The van der Waals surface area contributed by atoms with E-state index in [9.17, 15) is 9.90 Å². The van der Waals surface area contributed by atoms with Crippen LogP contribution in [0.1, 0.15) is 5.56 Å². The standard InChI is InChI=1S/C34H24N2O2/c35-24-30(34(37)38)23-25-11-17-31(18-12-25)36(32-19-13-28(14-20-32)26-7-3-1-4-8-26)33-21-15-29(16-22-33)27-9-5-2-6-10-27/h1-23H,(H,37,38)/b30-23+. The van der Waals surface area contributed by atoms with Crippen LogP contribution in [0, 0.1) is 11.3 Å². The molecular formula is C34H24N2O2. The fourth-order valence-corrected chi connectivity index (χ4v) is 4.34. The maximum Gasteiger partial charge on any atom is 0.346 e. The van der Waals surface area contributed by atoms with Gasteiger partial charge in [-0.3, -0.25) is 0 Å². The molecule has 0 bridgehead atoms. The summed E-state index contributed by atoms with van der Waals surface area (Å²) in [5.41, 5.74) is 7.80. The van der Waals surface area contributed by atoms with Crippen LogP contribution < -0.4 is 4.90 Å². The van der Waals surface area contributed by atoms with Crippen molar-refractivity contribution in [3.63, 3.8) is 0 Å². The van der Waals surface area contributed by atoms with Crippen LogP contribution in [0.15, 0.2) is 139 Å². The smallest absolute Gasteiger partial charge is 0.346 e. The number of hydrogen-bond acceptors (Lipinski definition) is 3. The van der Waals surface area contributed by atoms with Gasteiger partial charge in [0.1, 0.15) is 11.6 Å². The summed E-state index contributed by atoms with van der Waals surface area (Å²) in [7, 11) is 0. The highest BCUT2D eigenvalue weighted by molar-refractivity contribution is 5.96. The van der Waals surface area contributed by atoms with Gasteiger partial charge >= 0.3 is 5.97 Å². The van der Waals surface area contributed by atoms with E-state index in [4.69, 9.17) is 5.26 Å². The molecule has 0 spiro atoms. The molecule has 182 valence electrons. The second kappa shape index (κ2) is 11.1. The molecule has 0 saturated heterocycles. The van der Waals surface area contributed by atoms with E-state index in [0.29, 0.717) is 5.56 Å². The molecule has 38 heavy (non-hydrogen) atoms. The number of benzene rings is 5. The van der Waals surface area contributed by atoms with E-state index in [1.165, 1.54) is 6.08 Å². The molecule has 4 heteroatoms. The van der Waals surface area contributed by atoms with Crippen LogP contribution in [0.4, 0.5) is 17.1 Å². The zero-order chi connectivity index (χ0) is 26.3. The van der Waals surface area contributed by atoms with Crippen LogP contribution in [0.3, 0.4) is 0 Å². The summed E-state index contributed by atoms with van der Waals surface area (Å²) < 4.78 is 0. The Kier molecular flexibility index (Phi) is 7.11. The molecule has 0 aliphatic carbocycles. The Hall–Kier alpha value is -5.40. The van der Waals surface area contributed by atoms with Gasteiger partial charge in [0.05, 0.1) is 0 Å². The molecule has 1 N–H and O–H groups in total. The molecule has 0 aliphatic rings. The monoisotopic (exact) mass is 492 g/mol. The molecule has 0 atom stereocenters. The first-order valence-electron chi connectivity index (χ1n) is 12.2. The lowest BCUT2D eigenvalue weighted by Crippen LogP contribution is -2.09. The number of nitrogens with zero attached hydrogens (tertiary/aromatic N) is 2. The lowest BCUT2D eigenvalue weighted by Gasteiger charge is -2.26. The Labute approximate surface area is 222 Å². The SMILES string of the molecule is N#C/C(=C\c1ccc(N(c2ccc(-c3ccccc3)cc2)c2ccc(-c3ccccc3)cc2)cc1)C(=O)O. The van der Waals surface area contributed by atoms with Gasteiger partial charge < -0.3 is 10.0 Å². The highest BCUT2D eigenvalue weighted by Gasteiger charge is 2.14. The van der Waals surface area contributed by atoms with Gasteiger partial charge in [0, 0.05) is 17.1 Å². The van der Waals surface area contributed by atoms with E-state index in [1.807, 2.05) is 60.7 Å². The summed E-state index contributed by atoms with van der Waals surface area (Å²) in [6.45, 7) is 0. The van der Waals surface area contributed by atoms with Crippen LogP contribution in [-0.4, -0.2) is 11.1 Å². The minimum Gasteiger partial charge on any atom is -0.477 e. The van der Waals surface area contributed by atoms with E-state index in [0.717, 1.165) is 39.3 Å². The van der Waals surface area contributed by atoms with Gasteiger partial charge in [0.2, 0.25) is 0 Å². The highest BCUT2D eigenvalue weighted by Crippen LogP contribution is 2.36. The van der Waals surface area contributed by atoms with Crippen molar-refractivity contribution in [3.8, 4) is 28.3 Å². The molecule has 0 fully saturated rings. The minimum absolute atomic E-state index is 0.303. The summed E-state index contributed by atoms with van der Waals surface area (Å²) in [5.74, 6) is -1.24. The van der Waals surface area contributed by atoms with Crippen molar-refractivity contribution in [3.05, 3.63) is 145 Å². The van der Waals surface area contributed by atoms with Gasteiger partial charge in [0.25, 0.3) is 0 Å². The van der Waals surface area contributed by atoms with E-state index in [1.54, 1.807) is 6.07 Å². The first kappa shape index (κ1) is 24.3. The van der Waals surface area contributed by atoms with Crippen LogP contribution in [0.5, 0.6) is 0 Å². The Bertz CT molecular complexity index is 1520. The normalized spacial score (nSPS) is 11.0. The average molecular weight is 493 g/mol. The number of carboxylic acids is 1. The summed E-state index contributed by atoms with van der Waals surface area (Å²) in [6.07, 6.45) is 1.37. The second-order valence-corrected chi connectivity index (χ2v) is 8.73. The van der Waals surface area contributed by atoms with Gasteiger partial charge in [-0.25, -0.2) is 4.79 Å². The van der Waals surface area contributed by atoms with Crippen molar-refractivity contribution in [2.75, 3.05) is 4.90 Å². The summed E-state index contributed by atoms with van der Waals surface area (Å²) >= 11 is 0. The molecule has 5 aromatic rings. The topological polar surface area (TPSA) is 64.3 Å². The van der Waals surface area contributed by atoms with Gasteiger partial charge in [-0.05, 0) is 70.3 Å². The van der Waals surface area contributed by atoms with Crippen molar-refractivity contribution >= 4 is 29.1 Å². The quantitative estimate of drug-likeness (QED) is 0.183. The van der Waals surface area contributed by atoms with Crippen molar-refractivity contribution in [1.82, 2.24) is 0 Å². The van der Waals surface area contributed by atoms with Crippen LogP contribution in [-0.2, 0) is 4.79 Å². The van der Waals surface area contributed by atoms with Gasteiger partial charge in [-0.15, -0.1) is 0 Å². The molecule has 0 aliphatic heterocycles. The van der Waals surface area contributed by atoms with Crippen LogP contribution in [0.25, 0.3) is 28.3 Å². The van der Waals surface area contributed by atoms with Crippen molar-refractivity contribution < 1.29 is 9.90 Å². The van der Waals surface area contributed by atoms with Gasteiger partial charge in [0.15, 0.2) is 0 Å². The Morgan fingerprint density at radius 1 is 0.579 bits per heavy atom. The van der Waals surface area contributed by atoms with Crippen LogP contribution >= 0.6 is 0 Å². The molecule has 5 rings (SSSR count). The third-order valence-electron chi connectivity index (χ3n) is 6.28. The Morgan fingerprint density at radius 3 is 1.32 bits per heavy atom. The molecule has 0 unspecified atom stereocenters. The summed E-state index contributed by atoms with van der Waals surface area (Å²) in [4.78, 5) is 13.4. The lowest BCUT2D eigenvalue weighted by molar-refractivity contribution is -0.132. The number of nitriles is 1. The number of carbonyl (C=O) groups is 1. The predicted molar refractivity (Wildman–Crippen MR) is 153 cm³/mol. The van der Waals surface area contributed by atoms with Gasteiger partial charge in [-0.2, -0.15) is 5.26 Å². The molecule has 0 radical (unpaired) electrons. The van der Waals surface area contributed by atoms with E-state index >= 15 is 0 Å². The summed E-state index contributed by atoms with van der Waals surface area (Å²) in [5, 5.41) is 18.3. The Morgan fingerprint density at radius 2 is 0.947 bits per heavy atom. The number of carboxylic acid groups (broad SMARTS) is 1. The molecule has 0 heterocycles. The van der Waals surface area contributed by atoms with E-state index in [2.05, 4.69) is 77.7 Å². The van der Waals surface area contributed by atoms with E-state index in [-0.39, 0.29) is 5.57 Å². The first-order valence-corrected chi connectivity index (χ1v) is 12.2. The van der Waals surface area contributed by atoms with Crippen molar-refractivity contribution in [1.29, 1.82) is 5.26 Å². The van der Waals surface area contributed by atoms with E-state index < -0.39 is 5.97 Å². The predicted octanol–water partition coefficient (Wildman–Crippen LogP) is 8.48. The van der Waals surface area contributed by atoms with Gasteiger partial charge in [-0.1, -0.05) is 97.1 Å². The molecule has 0 saturated carbocycles. The number of hydrogen-bond donors (Lipinski definition) is 1. The zero-order valence-electron chi connectivity index (χ0n) is 20.5. The third-order valence-corrected chi connectivity index (χ3v) is 6.28. The average Bonchev–Trinajstić information content (AvgIpc) is 2.98. The number of rotatable bonds is 7. The maximum atomic E-state index is 11.2. The molecular weight excluding hydrogens is 468 g/mol. The molecule has 4 nitrogen and oxygen atoms in total. The maximum absolute atomic E-state index is 11.2. The second-order valence-electron chi connectivity index (χ2n) is 8.73. The Balaban J connectivity index is 1.53. The lowest BCUT2D eigenvalue weighted by atomic mass is 10.0. The largest absolute Gasteiger partial charge is 0.477 e. The molecule has 0 aromatic heterocycles. The first-order chi connectivity index (χ1) is 18.6. The number of anilines is 3. The highest BCUT2D eigenvalue weighted by atomic mass is 16.4. The summed E-state index contributed by atoms with van der Waals surface area (Å²) in [6, 6.07) is 46.6. The fraction of sp³-hybridized carbons (Fsp3) is 0. The van der Waals surface area contributed by atoms with Crippen molar-refractivity contribution in [2.24, 2.45) is 0 Å².